The maximum atomic E-state index is 11.1. The van der Waals surface area contributed by atoms with Gasteiger partial charge >= 0.3 is 5.97 Å². The summed E-state index contributed by atoms with van der Waals surface area (Å²) in [6, 6.07) is 1.37. The highest BCUT2D eigenvalue weighted by molar-refractivity contribution is 5.91. The van der Waals surface area contributed by atoms with Gasteiger partial charge < -0.3 is 19.3 Å². The number of carbonyl (C=O) groups is 1. The number of methoxy groups -OCH3 is 1. The normalized spacial score (nSPS) is 14.3. The number of nitrogens with zero attached hydrogens (tertiary/aromatic N) is 1. The van der Waals surface area contributed by atoms with Crippen LogP contribution in [0, 0.1) is 5.92 Å². The Morgan fingerprint density at radius 3 is 2.89 bits per heavy atom. The predicted octanol–water partition coefficient (Wildman–Crippen LogP) is 1.55. The van der Waals surface area contributed by atoms with Gasteiger partial charge in [-0.05, 0) is 18.8 Å². The molecule has 1 aliphatic rings. The molecule has 1 saturated carbocycles. The smallest absolute Gasteiger partial charge is 0.339 e. The van der Waals surface area contributed by atoms with Gasteiger partial charge in [0.05, 0.1) is 12.8 Å². The van der Waals surface area contributed by atoms with Gasteiger partial charge in [-0.25, -0.2) is 9.78 Å². The van der Waals surface area contributed by atoms with Crippen molar-refractivity contribution in [2.75, 3.05) is 20.5 Å². The maximum Gasteiger partial charge on any atom is 0.339 e. The second kappa shape index (κ2) is 5.68. The molecule has 0 aliphatic heterocycles. The molecule has 0 atom stereocenters. The molecule has 0 amide bonds. The Morgan fingerprint density at radius 1 is 1.50 bits per heavy atom. The molecular formula is C12H15NO5. The summed E-state index contributed by atoms with van der Waals surface area (Å²) >= 11 is 0. The fourth-order valence-corrected chi connectivity index (χ4v) is 1.39. The van der Waals surface area contributed by atoms with Gasteiger partial charge in [-0.2, -0.15) is 0 Å². The predicted molar refractivity (Wildman–Crippen MR) is 61.9 cm³/mol. The van der Waals surface area contributed by atoms with E-state index >= 15 is 0 Å². The van der Waals surface area contributed by atoms with E-state index in [1.54, 1.807) is 0 Å². The third-order valence-corrected chi connectivity index (χ3v) is 2.57. The van der Waals surface area contributed by atoms with Crippen molar-refractivity contribution in [1.82, 2.24) is 4.98 Å². The molecule has 0 spiro atoms. The van der Waals surface area contributed by atoms with Gasteiger partial charge in [0.2, 0.25) is 5.88 Å². The van der Waals surface area contributed by atoms with Crippen LogP contribution >= 0.6 is 0 Å². The summed E-state index contributed by atoms with van der Waals surface area (Å²) in [6.45, 7) is 0.564. The lowest BCUT2D eigenvalue weighted by atomic mass is 10.2. The van der Waals surface area contributed by atoms with Gasteiger partial charge in [0.15, 0.2) is 12.5 Å². The fraction of sp³-hybridized carbons (Fsp3) is 0.500. The van der Waals surface area contributed by atoms with E-state index in [0.717, 1.165) is 0 Å². The van der Waals surface area contributed by atoms with Crippen LogP contribution in [-0.4, -0.2) is 36.6 Å². The van der Waals surface area contributed by atoms with Gasteiger partial charge in [0.1, 0.15) is 5.56 Å². The number of aromatic nitrogens is 1. The first-order valence-corrected chi connectivity index (χ1v) is 5.68. The molecule has 6 nitrogen and oxygen atoms in total. The van der Waals surface area contributed by atoms with Crippen molar-refractivity contribution >= 4 is 5.97 Å². The zero-order valence-corrected chi connectivity index (χ0v) is 10.1. The molecule has 0 bridgehead atoms. The van der Waals surface area contributed by atoms with Crippen LogP contribution in [0.25, 0.3) is 0 Å². The first kappa shape index (κ1) is 12.6. The molecule has 1 aromatic rings. The lowest BCUT2D eigenvalue weighted by molar-refractivity contribution is 0.0479. The van der Waals surface area contributed by atoms with Crippen molar-refractivity contribution in [2.45, 2.75) is 12.8 Å². The molecule has 0 unspecified atom stereocenters. The van der Waals surface area contributed by atoms with E-state index in [2.05, 4.69) is 4.98 Å². The zero-order valence-electron chi connectivity index (χ0n) is 10.1. The highest BCUT2D eigenvalue weighted by atomic mass is 16.7. The number of rotatable bonds is 7. The van der Waals surface area contributed by atoms with Crippen LogP contribution in [0.1, 0.15) is 23.2 Å². The van der Waals surface area contributed by atoms with Crippen molar-refractivity contribution in [3.8, 4) is 11.6 Å². The Balaban J connectivity index is 2.08. The Hall–Kier alpha value is -1.82. The van der Waals surface area contributed by atoms with Crippen LogP contribution in [0.3, 0.4) is 0 Å². The van der Waals surface area contributed by atoms with Crippen LogP contribution in [0.5, 0.6) is 11.6 Å². The molecular weight excluding hydrogens is 238 g/mol. The molecule has 6 heteroatoms. The molecule has 18 heavy (non-hydrogen) atoms. The standard InChI is InChI=1S/C12H15NO5/c1-16-7-18-10-5-13-11(4-9(10)12(14)15)17-6-8-2-3-8/h4-5,8H,2-3,6-7H2,1H3,(H,14,15). The molecule has 98 valence electrons. The number of pyridine rings is 1. The number of hydrogen-bond donors (Lipinski definition) is 1. The number of carboxylic acids is 1. The first-order valence-electron chi connectivity index (χ1n) is 5.68. The van der Waals surface area contributed by atoms with Crippen molar-refractivity contribution in [2.24, 2.45) is 5.92 Å². The number of aromatic carboxylic acids is 1. The Morgan fingerprint density at radius 2 is 2.28 bits per heavy atom. The molecule has 1 N–H and O–H groups in total. The Labute approximate surface area is 104 Å². The molecule has 1 aromatic heterocycles. The minimum atomic E-state index is -1.08. The zero-order chi connectivity index (χ0) is 13.0. The Bertz CT molecular complexity index is 430. The third-order valence-electron chi connectivity index (χ3n) is 2.57. The second-order valence-corrected chi connectivity index (χ2v) is 4.13. The fourth-order valence-electron chi connectivity index (χ4n) is 1.39. The van der Waals surface area contributed by atoms with Crippen LogP contribution in [0.4, 0.5) is 0 Å². The first-order chi connectivity index (χ1) is 8.70. The molecule has 1 fully saturated rings. The van der Waals surface area contributed by atoms with Gasteiger partial charge in [0.25, 0.3) is 0 Å². The summed E-state index contributed by atoms with van der Waals surface area (Å²) in [4.78, 5) is 15.1. The monoisotopic (exact) mass is 253 g/mol. The summed E-state index contributed by atoms with van der Waals surface area (Å²) in [6.07, 6.45) is 3.67. The van der Waals surface area contributed by atoms with E-state index in [4.69, 9.17) is 19.3 Å². The van der Waals surface area contributed by atoms with Crippen LogP contribution in [0.15, 0.2) is 12.3 Å². The van der Waals surface area contributed by atoms with Gasteiger partial charge in [0, 0.05) is 13.2 Å². The molecule has 1 heterocycles. The highest BCUT2D eigenvalue weighted by Gasteiger charge is 2.22. The van der Waals surface area contributed by atoms with Crippen molar-refractivity contribution < 1.29 is 24.1 Å². The lowest BCUT2D eigenvalue weighted by Gasteiger charge is -2.09. The number of carboxylic acid groups (broad SMARTS) is 1. The van der Waals surface area contributed by atoms with Gasteiger partial charge in [-0.1, -0.05) is 0 Å². The average Bonchev–Trinajstić information content (AvgIpc) is 3.18. The summed E-state index contributed by atoms with van der Waals surface area (Å²) in [7, 11) is 1.46. The molecule has 0 aromatic carbocycles. The summed E-state index contributed by atoms with van der Waals surface area (Å²) in [5.41, 5.74) is 0.0212. The Kier molecular flexibility index (Phi) is 3.99. The molecule has 1 aliphatic carbocycles. The maximum absolute atomic E-state index is 11.1. The number of ether oxygens (including phenoxy) is 3. The van der Waals surface area contributed by atoms with Gasteiger partial charge in [-0.3, -0.25) is 0 Å². The highest BCUT2D eigenvalue weighted by Crippen LogP contribution is 2.30. The summed E-state index contributed by atoms with van der Waals surface area (Å²) in [5, 5.41) is 9.08. The third kappa shape index (κ3) is 3.33. The molecule has 2 rings (SSSR count). The lowest BCUT2D eigenvalue weighted by Crippen LogP contribution is -2.08. The van der Waals surface area contributed by atoms with Crippen molar-refractivity contribution in [3.05, 3.63) is 17.8 Å². The van der Waals surface area contributed by atoms with Crippen LogP contribution in [0.2, 0.25) is 0 Å². The SMILES string of the molecule is COCOc1cnc(OCC2CC2)cc1C(=O)O. The minimum Gasteiger partial charge on any atom is -0.478 e. The average molecular weight is 253 g/mol. The number of hydrogen-bond acceptors (Lipinski definition) is 5. The van der Waals surface area contributed by atoms with E-state index in [1.165, 1.54) is 32.2 Å². The van der Waals surface area contributed by atoms with E-state index < -0.39 is 5.97 Å². The van der Waals surface area contributed by atoms with Crippen LogP contribution in [-0.2, 0) is 4.74 Å². The minimum absolute atomic E-state index is 0.0212. The summed E-state index contributed by atoms with van der Waals surface area (Å²) < 4.78 is 15.3. The van der Waals surface area contributed by atoms with Crippen molar-refractivity contribution in [1.29, 1.82) is 0 Å². The van der Waals surface area contributed by atoms with Crippen LogP contribution < -0.4 is 9.47 Å². The van der Waals surface area contributed by atoms with E-state index in [9.17, 15) is 4.79 Å². The van der Waals surface area contributed by atoms with E-state index in [0.29, 0.717) is 18.4 Å². The van der Waals surface area contributed by atoms with E-state index in [-0.39, 0.29) is 18.1 Å². The molecule has 0 saturated heterocycles. The van der Waals surface area contributed by atoms with E-state index in [1.807, 2.05) is 0 Å². The van der Waals surface area contributed by atoms with Crippen molar-refractivity contribution in [3.63, 3.8) is 0 Å². The molecule has 0 radical (unpaired) electrons. The summed E-state index contributed by atoms with van der Waals surface area (Å²) in [5.74, 6) is -0.0172. The largest absolute Gasteiger partial charge is 0.478 e. The topological polar surface area (TPSA) is 77.9 Å². The second-order valence-electron chi connectivity index (χ2n) is 4.13. The van der Waals surface area contributed by atoms with Gasteiger partial charge in [-0.15, -0.1) is 0 Å². The quantitative estimate of drug-likeness (QED) is 0.743.